The van der Waals surface area contributed by atoms with Crippen LogP contribution in [-0.4, -0.2) is 37.0 Å². The summed E-state index contributed by atoms with van der Waals surface area (Å²) in [6, 6.07) is 8.66. The minimum atomic E-state index is 0.147. The Morgan fingerprint density at radius 3 is 2.78 bits per heavy atom. The predicted octanol–water partition coefficient (Wildman–Crippen LogP) is 2.14. The zero-order chi connectivity index (χ0) is 16.1. The van der Waals surface area contributed by atoms with E-state index >= 15 is 0 Å². The fourth-order valence-corrected chi connectivity index (χ4v) is 3.53. The molecule has 0 spiro atoms. The molecule has 1 aromatic rings. The maximum atomic E-state index is 12.1. The molecule has 1 aromatic carbocycles. The molecular weight excluding hydrogens is 286 g/mol. The standard InChI is InChI=1S/C19H29N3O/c1-15-6-9-22(10-7-15)14-17-4-2-3-16(11-17)12-21-19(23)18-5-8-20-13-18/h2-4,11,15,18,20H,5-10,12-14H2,1H3,(H,21,23). The summed E-state index contributed by atoms with van der Waals surface area (Å²) >= 11 is 0. The lowest BCUT2D eigenvalue weighted by atomic mass is 9.98. The summed E-state index contributed by atoms with van der Waals surface area (Å²) in [5.74, 6) is 1.21. The van der Waals surface area contributed by atoms with Gasteiger partial charge in [-0.05, 0) is 55.9 Å². The normalized spacial score (nSPS) is 23.1. The second-order valence-electron chi connectivity index (χ2n) is 7.19. The second kappa shape index (κ2) is 7.93. The smallest absolute Gasteiger partial charge is 0.224 e. The van der Waals surface area contributed by atoms with Crippen LogP contribution in [0.2, 0.25) is 0 Å². The Labute approximate surface area is 139 Å². The molecule has 2 fully saturated rings. The van der Waals surface area contributed by atoms with Gasteiger partial charge < -0.3 is 10.6 Å². The number of rotatable bonds is 5. The van der Waals surface area contributed by atoms with E-state index in [0.29, 0.717) is 6.54 Å². The van der Waals surface area contributed by atoms with E-state index in [9.17, 15) is 4.79 Å². The molecule has 1 unspecified atom stereocenters. The van der Waals surface area contributed by atoms with Gasteiger partial charge in [0.15, 0.2) is 0 Å². The van der Waals surface area contributed by atoms with Crippen molar-refractivity contribution in [1.82, 2.24) is 15.5 Å². The van der Waals surface area contributed by atoms with Gasteiger partial charge in [-0.3, -0.25) is 9.69 Å². The summed E-state index contributed by atoms with van der Waals surface area (Å²) in [5, 5.41) is 6.33. The van der Waals surface area contributed by atoms with Crippen LogP contribution in [0.3, 0.4) is 0 Å². The molecule has 2 N–H and O–H groups in total. The van der Waals surface area contributed by atoms with Crippen LogP contribution in [0, 0.1) is 11.8 Å². The van der Waals surface area contributed by atoms with Gasteiger partial charge >= 0.3 is 0 Å². The first-order valence-electron chi connectivity index (χ1n) is 8.99. The van der Waals surface area contributed by atoms with Crippen molar-refractivity contribution in [2.75, 3.05) is 26.2 Å². The molecule has 3 rings (SSSR count). The molecule has 0 aromatic heterocycles. The van der Waals surface area contributed by atoms with Crippen molar-refractivity contribution >= 4 is 5.91 Å². The topological polar surface area (TPSA) is 44.4 Å². The van der Waals surface area contributed by atoms with E-state index in [1.807, 2.05) is 0 Å². The average Bonchev–Trinajstić information content (AvgIpc) is 3.10. The van der Waals surface area contributed by atoms with Crippen molar-refractivity contribution in [3.05, 3.63) is 35.4 Å². The van der Waals surface area contributed by atoms with Gasteiger partial charge in [-0.2, -0.15) is 0 Å². The predicted molar refractivity (Wildman–Crippen MR) is 92.9 cm³/mol. The van der Waals surface area contributed by atoms with Crippen LogP contribution in [0.25, 0.3) is 0 Å². The molecule has 4 heteroatoms. The lowest BCUT2D eigenvalue weighted by molar-refractivity contribution is -0.124. The quantitative estimate of drug-likeness (QED) is 0.875. The van der Waals surface area contributed by atoms with Crippen LogP contribution < -0.4 is 10.6 Å². The number of nitrogens with zero attached hydrogens (tertiary/aromatic N) is 1. The number of nitrogens with one attached hydrogen (secondary N) is 2. The van der Waals surface area contributed by atoms with E-state index in [1.165, 1.54) is 37.1 Å². The highest BCUT2D eigenvalue weighted by atomic mass is 16.1. The summed E-state index contributed by atoms with van der Waals surface area (Å²) in [7, 11) is 0. The first-order valence-corrected chi connectivity index (χ1v) is 8.99. The SMILES string of the molecule is CC1CCN(Cc2cccc(CNC(=O)C3CCNC3)c2)CC1. The molecule has 23 heavy (non-hydrogen) atoms. The summed E-state index contributed by atoms with van der Waals surface area (Å²) < 4.78 is 0. The van der Waals surface area contributed by atoms with E-state index < -0.39 is 0 Å². The summed E-state index contributed by atoms with van der Waals surface area (Å²) in [6.45, 7) is 8.21. The van der Waals surface area contributed by atoms with Gasteiger partial charge in [0.25, 0.3) is 0 Å². The third kappa shape index (κ3) is 4.79. The summed E-state index contributed by atoms with van der Waals surface area (Å²) in [5.41, 5.74) is 2.56. The van der Waals surface area contributed by atoms with Crippen LogP contribution >= 0.6 is 0 Å². The molecule has 0 bridgehead atoms. The van der Waals surface area contributed by atoms with Gasteiger partial charge in [-0.15, -0.1) is 0 Å². The molecule has 0 saturated carbocycles. The van der Waals surface area contributed by atoms with Crippen LogP contribution in [-0.2, 0) is 17.9 Å². The summed E-state index contributed by atoms with van der Waals surface area (Å²) in [6.07, 6.45) is 3.58. The molecule has 2 heterocycles. The van der Waals surface area contributed by atoms with E-state index in [4.69, 9.17) is 0 Å². The minimum Gasteiger partial charge on any atom is -0.352 e. The highest BCUT2D eigenvalue weighted by Gasteiger charge is 2.21. The molecule has 1 amide bonds. The van der Waals surface area contributed by atoms with Crippen LogP contribution in [0.15, 0.2) is 24.3 Å². The Bertz CT molecular complexity index is 517. The lowest BCUT2D eigenvalue weighted by Gasteiger charge is -2.30. The molecule has 0 radical (unpaired) electrons. The maximum absolute atomic E-state index is 12.1. The number of likely N-dealkylation sites (tertiary alicyclic amines) is 1. The highest BCUT2D eigenvalue weighted by molar-refractivity contribution is 5.79. The number of hydrogen-bond donors (Lipinski definition) is 2. The lowest BCUT2D eigenvalue weighted by Crippen LogP contribution is -2.32. The van der Waals surface area contributed by atoms with Crippen molar-refractivity contribution in [1.29, 1.82) is 0 Å². The minimum absolute atomic E-state index is 0.147. The number of carbonyl (C=O) groups excluding carboxylic acids is 1. The monoisotopic (exact) mass is 315 g/mol. The van der Waals surface area contributed by atoms with Gasteiger partial charge in [0.2, 0.25) is 5.91 Å². The van der Waals surface area contributed by atoms with Gasteiger partial charge in [0.1, 0.15) is 0 Å². The number of carbonyl (C=O) groups is 1. The first-order chi connectivity index (χ1) is 11.2. The fraction of sp³-hybridized carbons (Fsp3) is 0.632. The third-order valence-electron chi connectivity index (χ3n) is 5.17. The fourth-order valence-electron chi connectivity index (χ4n) is 3.53. The van der Waals surface area contributed by atoms with E-state index in [1.54, 1.807) is 0 Å². The molecule has 2 aliphatic rings. The van der Waals surface area contributed by atoms with Crippen molar-refractivity contribution in [2.45, 2.75) is 39.3 Å². The third-order valence-corrected chi connectivity index (χ3v) is 5.17. The largest absolute Gasteiger partial charge is 0.352 e. The van der Waals surface area contributed by atoms with Crippen molar-refractivity contribution < 1.29 is 4.79 Å². The molecule has 4 nitrogen and oxygen atoms in total. The Kier molecular flexibility index (Phi) is 5.68. The number of piperidine rings is 1. The molecule has 2 saturated heterocycles. The summed E-state index contributed by atoms with van der Waals surface area (Å²) in [4.78, 5) is 14.6. The number of benzene rings is 1. The maximum Gasteiger partial charge on any atom is 0.224 e. The van der Waals surface area contributed by atoms with Gasteiger partial charge in [-0.25, -0.2) is 0 Å². The van der Waals surface area contributed by atoms with Gasteiger partial charge in [0.05, 0.1) is 5.92 Å². The van der Waals surface area contributed by atoms with Gasteiger partial charge in [-0.1, -0.05) is 31.2 Å². The second-order valence-corrected chi connectivity index (χ2v) is 7.19. The molecule has 126 valence electrons. The first kappa shape index (κ1) is 16.5. The van der Waals surface area contributed by atoms with Crippen LogP contribution in [0.5, 0.6) is 0 Å². The van der Waals surface area contributed by atoms with E-state index in [2.05, 4.69) is 46.7 Å². The Hall–Kier alpha value is -1.39. The molecule has 0 aliphatic carbocycles. The van der Waals surface area contributed by atoms with E-state index in [0.717, 1.165) is 32.0 Å². The Balaban J connectivity index is 1.49. The highest BCUT2D eigenvalue weighted by Crippen LogP contribution is 2.18. The van der Waals surface area contributed by atoms with Crippen molar-refractivity contribution in [3.8, 4) is 0 Å². The molecular formula is C19H29N3O. The zero-order valence-corrected chi connectivity index (χ0v) is 14.2. The van der Waals surface area contributed by atoms with Crippen molar-refractivity contribution in [3.63, 3.8) is 0 Å². The Morgan fingerprint density at radius 1 is 1.26 bits per heavy atom. The van der Waals surface area contributed by atoms with Gasteiger partial charge in [0, 0.05) is 19.6 Å². The Morgan fingerprint density at radius 2 is 2.04 bits per heavy atom. The number of hydrogen-bond acceptors (Lipinski definition) is 3. The average molecular weight is 315 g/mol. The van der Waals surface area contributed by atoms with Crippen molar-refractivity contribution in [2.24, 2.45) is 11.8 Å². The van der Waals surface area contributed by atoms with E-state index in [-0.39, 0.29) is 11.8 Å². The number of amides is 1. The zero-order valence-electron chi connectivity index (χ0n) is 14.2. The van der Waals surface area contributed by atoms with Crippen LogP contribution in [0.1, 0.15) is 37.3 Å². The molecule has 1 atom stereocenters. The van der Waals surface area contributed by atoms with Crippen LogP contribution in [0.4, 0.5) is 0 Å². The molecule has 2 aliphatic heterocycles.